The van der Waals surface area contributed by atoms with E-state index in [0.717, 1.165) is 4.31 Å². The van der Waals surface area contributed by atoms with Crippen molar-refractivity contribution in [3.8, 4) is 11.8 Å². The fraction of sp³-hybridized carbons (Fsp3) is 0.250. The maximum Gasteiger partial charge on any atom is 0.265 e. The van der Waals surface area contributed by atoms with E-state index in [0.29, 0.717) is 11.3 Å². The van der Waals surface area contributed by atoms with E-state index >= 15 is 0 Å². The minimum absolute atomic E-state index is 0.0229. The van der Waals surface area contributed by atoms with Gasteiger partial charge in [-0.3, -0.25) is 9.59 Å². The molecule has 1 unspecified atom stereocenters. The van der Waals surface area contributed by atoms with Crippen molar-refractivity contribution in [1.29, 1.82) is 5.26 Å². The summed E-state index contributed by atoms with van der Waals surface area (Å²) < 4.78 is 32.2. The van der Waals surface area contributed by atoms with Gasteiger partial charge in [-0.05, 0) is 43.3 Å². The molecule has 9 nitrogen and oxygen atoms in total. The Kier molecular flexibility index (Phi) is 6.34. The third-order valence-electron chi connectivity index (χ3n) is 4.39. The number of carbonyl (C=O) groups excluding carboxylic acids is 2. The number of nitrogens with zero attached hydrogens (tertiary/aromatic N) is 2. The van der Waals surface area contributed by atoms with Crippen LogP contribution in [0.3, 0.4) is 0 Å². The zero-order valence-electron chi connectivity index (χ0n) is 16.2. The second-order valence-corrected chi connectivity index (χ2v) is 8.54. The summed E-state index contributed by atoms with van der Waals surface area (Å²) in [6, 6.07) is 14.2. The number of benzene rings is 2. The highest BCUT2D eigenvalue weighted by Crippen LogP contribution is 2.21. The number of nitrogens with one attached hydrogen (secondary N) is 2. The third-order valence-corrected chi connectivity index (χ3v) is 6.23. The lowest BCUT2D eigenvalue weighted by Gasteiger charge is -2.26. The summed E-state index contributed by atoms with van der Waals surface area (Å²) in [5.41, 5.74) is 0.688. The Hall–Kier alpha value is -3.42. The lowest BCUT2D eigenvalue weighted by Crippen LogP contribution is -2.49. The number of amides is 2. The first-order valence-electron chi connectivity index (χ1n) is 9.14. The standard InChI is InChI=1S/C20H20N4O5S/c1-14(29-17-6-2-4-15(10-17)12-21)20(26)23-16-5-3-7-18(11-16)30(27,28)24-9-8-22-19(25)13-24/h2-7,10-11,14H,8-9,13H2,1H3,(H,22,25)(H,23,26). The summed E-state index contributed by atoms with van der Waals surface area (Å²) in [4.78, 5) is 24.0. The zero-order chi connectivity index (χ0) is 21.7. The minimum atomic E-state index is -3.87. The lowest BCUT2D eigenvalue weighted by atomic mass is 10.2. The second kappa shape index (κ2) is 8.94. The molecule has 1 aliphatic heterocycles. The van der Waals surface area contributed by atoms with Crippen molar-refractivity contribution in [2.45, 2.75) is 17.9 Å². The Morgan fingerprint density at radius 3 is 2.77 bits per heavy atom. The van der Waals surface area contributed by atoms with Gasteiger partial charge in [0.15, 0.2) is 6.10 Å². The number of ether oxygens (including phenoxy) is 1. The van der Waals surface area contributed by atoms with Crippen molar-refractivity contribution < 1.29 is 22.7 Å². The van der Waals surface area contributed by atoms with E-state index in [-0.39, 0.29) is 36.1 Å². The number of hydrogen-bond donors (Lipinski definition) is 2. The van der Waals surface area contributed by atoms with Gasteiger partial charge in [-0.2, -0.15) is 9.57 Å². The molecule has 1 saturated heterocycles. The van der Waals surface area contributed by atoms with E-state index in [1.807, 2.05) is 6.07 Å². The molecular weight excluding hydrogens is 408 g/mol. The highest BCUT2D eigenvalue weighted by atomic mass is 32.2. The molecule has 30 heavy (non-hydrogen) atoms. The molecule has 2 amide bonds. The van der Waals surface area contributed by atoms with Crippen LogP contribution in [0.5, 0.6) is 5.75 Å². The monoisotopic (exact) mass is 428 g/mol. The first-order valence-corrected chi connectivity index (χ1v) is 10.6. The predicted molar refractivity (Wildman–Crippen MR) is 108 cm³/mol. The number of rotatable bonds is 6. The van der Waals surface area contributed by atoms with Gasteiger partial charge in [0.25, 0.3) is 5.91 Å². The number of nitriles is 1. The van der Waals surface area contributed by atoms with E-state index in [4.69, 9.17) is 10.00 Å². The molecule has 0 spiro atoms. The molecule has 2 N–H and O–H groups in total. The molecular formula is C20H20N4O5S. The zero-order valence-corrected chi connectivity index (χ0v) is 17.0. The smallest absolute Gasteiger partial charge is 0.265 e. The number of hydrogen-bond acceptors (Lipinski definition) is 6. The normalized spacial score (nSPS) is 15.5. The SMILES string of the molecule is CC(Oc1cccc(C#N)c1)C(=O)Nc1cccc(S(=O)(=O)N2CCNC(=O)C2)c1. The molecule has 0 saturated carbocycles. The molecule has 0 aliphatic carbocycles. The average molecular weight is 428 g/mol. The quantitative estimate of drug-likeness (QED) is 0.709. The fourth-order valence-electron chi connectivity index (χ4n) is 2.84. The van der Waals surface area contributed by atoms with Crippen LogP contribution in [-0.4, -0.2) is 50.3 Å². The number of piperazine rings is 1. The van der Waals surface area contributed by atoms with Crippen molar-refractivity contribution in [1.82, 2.24) is 9.62 Å². The molecule has 1 fully saturated rings. The molecule has 10 heteroatoms. The molecule has 2 aromatic carbocycles. The van der Waals surface area contributed by atoms with Crippen molar-refractivity contribution in [2.75, 3.05) is 25.0 Å². The van der Waals surface area contributed by atoms with Crippen molar-refractivity contribution in [3.63, 3.8) is 0 Å². The second-order valence-electron chi connectivity index (χ2n) is 6.61. The van der Waals surface area contributed by atoms with Crippen LogP contribution >= 0.6 is 0 Å². The number of anilines is 1. The Morgan fingerprint density at radius 1 is 1.27 bits per heavy atom. The Morgan fingerprint density at radius 2 is 2.03 bits per heavy atom. The van der Waals surface area contributed by atoms with Gasteiger partial charge in [-0.15, -0.1) is 0 Å². The minimum Gasteiger partial charge on any atom is -0.481 e. The van der Waals surface area contributed by atoms with Gasteiger partial charge in [0.05, 0.1) is 23.1 Å². The highest BCUT2D eigenvalue weighted by Gasteiger charge is 2.29. The van der Waals surface area contributed by atoms with Crippen LogP contribution in [0.2, 0.25) is 0 Å². The number of sulfonamides is 1. The van der Waals surface area contributed by atoms with Crippen LogP contribution in [-0.2, 0) is 19.6 Å². The van der Waals surface area contributed by atoms with Crippen LogP contribution < -0.4 is 15.4 Å². The maximum absolute atomic E-state index is 12.8. The molecule has 0 radical (unpaired) electrons. The molecule has 1 heterocycles. The average Bonchev–Trinajstić information content (AvgIpc) is 2.74. The Labute approximate surface area is 174 Å². The van der Waals surface area contributed by atoms with Crippen LogP contribution in [0.25, 0.3) is 0 Å². The van der Waals surface area contributed by atoms with Crippen molar-refractivity contribution in [3.05, 3.63) is 54.1 Å². The summed E-state index contributed by atoms with van der Waals surface area (Å²) >= 11 is 0. The topological polar surface area (TPSA) is 129 Å². The van der Waals surface area contributed by atoms with Crippen LogP contribution in [0.1, 0.15) is 12.5 Å². The summed E-state index contributed by atoms with van der Waals surface area (Å²) in [5.74, 6) is -0.471. The molecule has 0 aromatic heterocycles. The number of carbonyl (C=O) groups is 2. The largest absolute Gasteiger partial charge is 0.481 e. The highest BCUT2D eigenvalue weighted by molar-refractivity contribution is 7.89. The van der Waals surface area contributed by atoms with Crippen LogP contribution in [0.15, 0.2) is 53.4 Å². The molecule has 2 aromatic rings. The van der Waals surface area contributed by atoms with Crippen LogP contribution in [0.4, 0.5) is 5.69 Å². The first kappa shape index (κ1) is 21.3. The summed E-state index contributed by atoms with van der Waals surface area (Å²) in [5, 5.41) is 14.1. The molecule has 1 aliphatic rings. The molecule has 156 valence electrons. The van der Waals surface area contributed by atoms with Gasteiger partial charge in [-0.1, -0.05) is 12.1 Å². The Bertz CT molecular complexity index is 1110. The summed E-state index contributed by atoms with van der Waals surface area (Å²) in [7, 11) is -3.87. The Balaban J connectivity index is 1.70. The van der Waals surface area contributed by atoms with E-state index < -0.39 is 22.0 Å². The fourth-order valence-corrected chi connectivity index (χ4v) is 4.29. The predicted octanol–water partition coefficient (Wildman–Crippen LogP) is 1.08. The van der Waals surface area contributed by atoms with Gasteiger partial charge in [0.2, 0.25) is 15.9 Å². The van der Waals surface area contributed by atoms with Crippen molar-refractivity contribution in [2.24, 2.45) is 0 Å². The van der Waals surface area contributed by atoms with Crippen molar-refractivity contribution >= 4 is 27.5 Å². The van der Waals surface area contributed by atoms with E-state index in [1.54, 1.807) is 31.2 Å². The van der Waals surface area contributed by atoms with Crippen LogP contribution in [0, 0.1) is 11.3 Å². The third kappa shape index (κ3) is 4.94. The molecule has 3 rings (SSSR count). The van der Waals surface area contributed by atoms with Gasteiger partial charge < -0.3 is 15.4 Å². The summed E-state index contributed by atoms with van der Waals surface area (Å²) in [6.07, 6.45) is -0.884. The van der Waals surface area contributed by atoms with Gasteiger partial charge in [0, 0.05) is 18.8 Å². The van der Waals surface area contributed by atoms with Gasteiger partial charge >= 0.3 is 0 Å². The van der Waals surface area contributed by atoms with E-state index in [1.165, 1.54) is 24.3 Å². The first-order chi connectivity index (χ1) is 14.3. The van der Waals surface area contributed by atoms with E-state index in [9.17, 15) is 18.0 Å². The molecule has 0 bridgehead atoms. The van der Waals surface area contributed by atoms with Gasteiger partial charge in [0.1, 0.15) is 5.75 Å². The summed E-state index contributed by atoms with van der Waals surface area (Å²) in [6.45, 7) is 1.72. The lowest BCUT2D eigenvalue weighted by molar-refractivity contribution is -0.123. The maximum atomic E-state index is 12.8. The van der Waals surface area contributed by atoms with Gasteiger partial charge in [-0.25, -0.2) is 8.42 Å². The molecule has 1 atom stereocenters. The van der Waals surface area contributed by atoms with E-state index in [2.05, 4.69) is 10.6 Å².